The molecule has 3 nitrogen and oxygen atoms in total. The molecular formula is C15H26N2OS. The minimum absolute atomic E-state index is 0.222. The predicted octanol–water partition coefficient (Wildman–Crippen LogP) is 2.62. The lowest BCUT2D eigenvalue weighted by Crippen LogP contribution is -2.49. The molecule has 0 radical (unpaired) electrons. The average Bonchev–Trinajstić information content (AvgIpc) is 3.12. The second kappa shape index (κ2) is 5.66. The molecular weight excluding hydrogens is 256 g/mol. The van der Waals surface area contributed by atoms with Crippen LogP contribution in [-0.2, 0) is 4.74 Å². The molecule has 108 valence electrons. The van der Waals surface area contributed by atoms with Crippen molar-refractivity contribution in [2.75, 3.05) is 13.2 Å². The highest BCUT2D eigenvalue weighted by Crippen LogP contribution is 2.43. The number of hydrogen-bond donors (Lipinski definition) is 1. The molecule has 2 saturated carbocycles. The zero-order valence-corrected chi connectivity index (χ0v) is 12.6. The molecule has 1 unspecified atom stereocenters. The first-order valence-corrected chi connectivity index (χ1v) is 8.27. The van der Waals surface area contributed by atoms with E-state index in [0.29, 0.717) is 11.0 Å². The zero-order chi connectivity index (χ0) is 13.3. The molecule has 1 heterocycles. The van der Waals surface area contributed by atoms with Gasteiger partial charge in [0.1, 0.15) is 0 Å². The maximum Gasteiger partial charge on any atom is 0.0740 e. The Bertz CT molecular complexity index is 337. The van der Waals surface area contributed by atoms with Gasteiger partial charge in [0.25, 0.3) is 0 Å². The van der Waals surface area contributed by atoms with Gasteiger partial charge in [-0.15, -0.1) is 0 Å². The highest BCUT2D eigenvalue weighted by Gasteiger charge is 2.44. The van der Waals surface area contributed by atoms with E-state index in [-0.39, 0.29) is 5.60 Å². The number of thiocarbonyl (C=S) groups is 1. The van der Waals surface area contributed by atoms with Gasteiger partial charge in [0.05, 0.1) is 10.6 Å². The van der Waals surface area contributed by atoms with E-state index in [2.05, 4.69) is 4.90 Å². The molecule has 3 aliphatic rings. The van der Waals surface area contributed by atoms with Crippen LogP contribution < -0.4 is 5.73 Å². The summed E-state index contributed by atoms with van der Waals surface area (Å²) in [7, 11) is 0. The Morgan fingerprint density at radius 3 is 2.58 bits per heavy atom. The maximum atomic E-state index is 6.16. The van der Waals surface area contributed by atoms with Gasteiger partial charge < -0.3 is 10.5 Å². The predicted molar refractivity (Wildman–Crippen MR) is 81.3 cm³/mol. The van der Waals surface area contributed by atoms with Crippen molar-refractivity contribution in [2.45, 2.75) is 75.5 Å². The standard InChI is InChI=1S/C15H26N2OS/c16-14(19)5-9-17(12-3-4-12)13-6-10-18-15(11-13)7-1-2-8-15/h12-13H,1-11H2,(H2,16,19). The van der Waals surface area contributed by atoms with Crippen LogP contribution >= 0.6 is 12.2 Å². The summed E-state index contributed by atoms with van der Waals surface area (Å²) in [5, 5.41) is 0. The maximum absolute atomic E-state index is 6.16. The summed E-state index contributed by atoms with van der Waals surface area (Å²) >= 11 is 5.05. The molecule has 0 aromatic heterocycles. The Labute approximate surface area is 121 Å². The molecule has 0 aromatic carbocycles. The molecule has 4 heteroatoms. The van der Waals surface area contributed by atoms with Crippen molar-refractivity contribution >= 4 is 17.2 Å². The fraction of sp³-hybridized carbons (Fsp3) is 0.933. The van der Waals surface area contributed by atoms with Gasteiger partial charge in [0, 0.05) is 31.7 Å². The van der Waals surface area contributed by atoms with Crippen molar-refractivity contribution in [3.63, 3.8) is 0 Å². The fourth-order valence-corrected chi connectivity index (χ4v) is 4.05. The van der Waals surface area contributed by atoms with E-state index in [1.165, 1.54) is 51.4 Å². The van der Waals surface area contributed by atoms with Crippen molar-refractivity contribution < 1.29 is 4.74 Å². The normalized spacial score (nSPS) is 30.1. The summed E-state index contributed by atoms with van der Waals surface area (Å²) in [4.78, 5) is 3.36. The minimum Gasteiger partial charge on any atom is -0.393 e. The SMILES string of the molecule is NC(=S)CCN(C1CC1)C1CCOC2(CCCC2)C1. The lowest BCUT2D eigenvalue weighted by molar-refractivity contribution is -0.102. The van der Waals surface area contributed by atoms with Gasteiger partial charge in [-0.05, 0) is 38.5 Å². The number of rotatable bonds is 5. The van der Waals surface area contributed by atoms with Crippen LogP contribution in [0.2, 0.25) is 0 Å². The van der Waals surface area contributed by atoms with Crippen molar-refractivity contribution in [1.29, 1.82) is 0 Å². The largest absolute Gasteiger partial charge is 0.393 e. The highest BCUT2D eigenvalue weighted by atomic mass is 32.1. The second-order valence-electron chi connectivity index (χ2n) is 6.57. The van der Waals surface area contributed by atoms with Crippen molar-refractivity contribution in [1.82, 2.24) is 4.90 Å². The molecule has 19 heavy (non-hydrogen) atoms. The number of nitrogens with two attached hydrogens (primary N) is 1. The van der Waals surface area contributed by atoms with Gasteiger partial charge >= 0.3 is 0 Å². The summed E-state index contributed by atoms with van der Waals surface area (Å²) < 4.78 is 6.16. The van der Waals surface area contributed by atoms with E-state index < -0.39 is 0 Å². The summed E-state index contributed by atoms with van der Waals surface area (Å²) in [6, 6.07) is 1.50. The van der Waals surface area contributed by atoms with E-state index in [1.807, 2.05) is 0 Å². The Hall–Kier alpha value is -0.190. The van der Waals surface area contributed by atoms with Crippen molar-refractivity contribution in [3.05, 3.63) is 0 Å². The minimum atomic E-state index is 0.222. The molecule has 1 aliphatic heterocycles. The lowest BCUT2D eigenvalue weighted by atomic mass is 9.88. The molecule has 0 aromatic rings. The Balaban J connectivity index is 1.62. The molecule has 1 spiro atoms. The zero-order valence-electron chi connectivity index (χ0n) is 11.8. The summed E-state index contributed by atoms with van der Waals surface area (Å²) in [6.07, 6.45) is 11.3. The second-order valence-corrected chi connectivity index (χ2v) is 7.09. The van der Waals surface area contributed by atoms with E-state index >= 15 is 0 Å². The Kier molecular flexibility index (Phi) is 4.11. The first-order valence-electron chi connectivity index (χ1n) is 7.87. The first kappa shape index (κ1) is 13.8. The van der Waals surface area contributed by atoms with Crippen LogP contribution in [0.4, 0.5) is 0 Å². The monoisotopic (exact) mass is 282 g/mol. The topological polar surface area (TPSA) is 38.5 Å². The molecule has 1 saturated heterocycles. The summed E-state index contributed by atoms with van der Waals surface area (Å²) in [5.74, 6) is 0. The van der Waals surface area contributed by atoms with Gasteiger partial charge in [-0.25, -0.2) is 0 Å². The van der Waals surface area contributed by atoms with Gasteiger partial charge in [0.15, 0.2) is 0 Å². The van der Waals surface area contributed by atoms with Gasteiger partial charge in [-0.1, -0.05) is 25.1 Å². The summed E-state index contributed by atoms with van der Waals surface area (Å²) in [6.45, 7) is 2.00. The number of hydrogen-bond acceptors (Lipinski definition) is 3. The molecule has 2 N–H and O–H groups in total. The fourth-order valence-electron chi connectivity index (χ4n) is 3.96. The molecule has 2 aliphatic carbocycles. The Morgan fingerprint density at radius 2 is 1.95 bits per heavy atom. The van der Waals surface area contributed by atoms with Crippen LogP contribution in [0.5, 0.6) is 0 Å². The molecule has 0 bridgehead atoms. The third-order valence-electron chi connectivity index (χ3n) is 5.08. The van der Waals surface area contributed by atoms with E-state index in [9.17, 15) is 0 Å². The van der Waals surface area contributed by atoms with Crippen LogP contribution in [-0.4, -0.2) is 40.7 Å². The van der Waals surface area contributed by atoms with Crippen LogP contribution in [0.1, 0.15) is 57.8 Å². The first-order chi connectivity index (χ1) is 9.19. The van der Waals surface area contributed by atoms with Crippen LogP contribution in [0.25, 0.3) is 0 Å². The van der Waals surface area contributed by atoms with Gasteiger partial charge in [-0.3, -0.25) is 4.90 Å². The third-order valence-corrected chi connectivity index (χ3v) is 5.29. The van der Waals surface area contributed by atoms with Gasteiger partial charge in [-0.2, -0.15) is 0 Å². The lowest BCUT2D eigenvalue weighted by Gasteiger charge is -2.43. The van der Waals surface area contributed by atoms with Crippen LogP contribution in [0, 0.1) is 0 Å². The summed E-state index contributed by atoms with van der Waals surface area (Å²) in [5.41, 5.74) is 5.91. The van der Waals surface area contributed by atoms with Crippen molar-refractivity contribution in [2.24, 2.45) is 5.73 Å². The smallest absolute Gasteiger partial charge is 0.0740 e. The molecule has 1 atom stereocenters. The number of nitrogens with zero attached hydrogens (tertiary/aromatic N) is 1. The third kappa shape index (κ3) is 3.29. The highest BCUT2D eigenvalue weighted by molar-refractivity contribution is 7.80. The van der Waals surface area contributed by atoms with E-state index in [0.717, 1.165) is 25.6 Å². The van der Waals surface area contributed by atoms with Crippen LogP contribution in [0.3, 0.4) is 0 Å². The van der Waals surface area contributed by atoms with Crippen molar-refractivity contribution in [3.8, 4) is 0 Å². The molecule has 0 amide bonds. The quantitative estimate of drug-likeness (QED) is 0.787. The van der Waals surface area contributed by atoms with Gasteiger partial charge in [0.2, 0.25) is 0 Å². The van der Waals surface area contributed by atoms with E-state index in [4.69, 9.17) is 22.7 Å². The van der Waals surface area contributed by atoms with Crippen LogP contribution in [0.15, 0.2) is 0 Å². The Morgan fingerprint density at radius 1 is 1.21 bits per heavy atom. The number of ether oxygens (including phenoxy) is 1. The average molecular weight is 282 g/mol. The molecule has 3 fully saturated rings. The molecule has 3 rings (SSSR count). The van der Waals surface area contributed by atoms with E-state index in [1.54, 1.807) is 0 Å².